The topological polar surface area (TPSA) is 32.5 Å². The van der Waals surface area contributed by atoms with Gasteiger partial charge in [0.25, 0.3) is 0 Å². The summed E-state index contributed by atoms with van der Waals surface area (Å²) in [7, 11) is 0. The molecule has 13 heavy (non-hydrogen) atoms. The number of nitrogens with two attached hydrogens (primary N) is 1. The van der Waals surface area contributed by atoms with Crippen LogP contribution in [0.5, 0.6) is 0 Å². The van der Waals surface area contributed by atoms with Gasteiger partial charge in [-0.25, -0.2) is 0 Å². The van der Waals surface area contributed by atoms with Gasteiger partial charge in [0.15, 0.2) is 0 Å². The molecule has 0 aliphatic carbocycles. The average Bonchev–Trinajstić information content (AvgIpc) is 2.18. The second kappa shape index (κ2) is 5.58. The fourth-order valence-electron chi connectivity index (χ4n) is 1.94. The summed E-state index contributed by atoms with van der Waals surface area (Å²) in [5.41, 5.74) is 5.55. The van der Waals surface area contributed by atoms with Crippen molar-refractivity contribution in [1.82, 2.24) is 9.80 Å². The van der Waals surface area contributed by atoms with Crippen molar-refractivity contribution in [3.8, 4) is 0 Å². The zero-order chi connectivity index (χ0) is 9.68. The van der Waals surface area contributed by atoms with Gasteiger partial charge in [-0.15, -0.1) is 0 Å². The summed E-state index contributed by atoms with van der Waals surface area (Å²) in [6.45, 7) is 11.4. The van der Waals surface area contributed by atoms with Gasteiger partial charge in [0.2, 0.25) is 0 Å². The van der Waals surface area contributed by atoms with E-state index in [0.717, 1.165) is 13.0 Å². The maximum Gasteiger partial charge on any atom is 0.0113 e. The molecular formula is C10H23N3. The largest absolute Gasteiger partial charge is 0.330 e. The lowest BCUT2D eigenvalue weighted by atomic mass is 10.2. The Morgan fingerprint density at radius 3 is 2.31 bits per heavy atom. The molecule has 0 bridgehead atoms. The van der Waals surface area contributed by atoms with Gasteiger partial charge in [0, 0.05) is 32.2 Å². The Morgan fingerprint density at radius 2 is 1.85 bits per heavy atom. The van der Waals surface area contributed by atoms with E-state index in [0.29, 0.717) is 6.04 Å². The highest BCUT2D eigenvalue weighted by Gasteiger charge is 2.19. The van der Waals surface area contributed by atoms with Crippen LogP contribution in [0.2, 0.25) is 0 Å². The van der Waals surface area contributed by atoms with Crippen LogP contribution in [0, 0.1) is 0 Å². The van der Waals surface area contributed by atoms with E-state index in [-0.39, 0.29) is 0 Å². The summed E-state index contributed by atoms with van der Waals surface area (Å²) >= 11 is 0. The highest BCUT2D eigenvalue weighted by atomic mass is 15.3. The maximum atomic E-state index is 5.55. The summed E-state index contributed by atoms with van der Waals surface area (Å²) in [6, 6.07) is 0.670. The molecule has 0 aromatic carbocycles. The van der Waals surface area contributed by atoms with Crippen molar-refractivity contribution in [1.29, 1.82) is 0 Å². The Kier molecular flexibility index (Phi) is 4.70. The van der Waals surface area contributed by atoms with Crippen LogP contribution < -0.4 is 5.73 Å². The van der Waals surface area contributed by atoms with Crippen LogP contribution in [0.15, 0.2) is 0 Å². The van der Waals surface area contributed by atoms with Crippen LogP contribution in [-0.2, 0) is 0 Å². The summed E-state index contributed by atoms with van der Waals surface area (Å²) in [4.78, 5) is 5.06. The van der Waals surface area contributed by atoms with Gasteiger partial charge >= 0.3 is 0 Å². The standard InChI is InChI=1S/C10H23N3/c1-3-12-6-8-13(9-7-12)10(2)4-5-11/h10H,3-9,11H2,1-2H3. The summed E-state index contributed by atoms with van der Waals surface area (Å²) in [5.74, 6) is 0. The van der Waals surface area contributed by atoms with Crippen molar-refractivity contribution < 1.29 is 0 Å². The molecule has 78 valence electrons. The maximum absolute atomic E-state index is 5.55. The van der Waals surface area contributed by atoms with E-state index in [1.807, 2.05) is 0 Å². The van der Waals surface area contributed by atoms with Crippen molar-refractivity contribution in [3.63, 3.8) is 0 Å². The minimum absolute atomic E-state index is 0.670. The first-order valence-corrected chi connectivity index (χ1v) is 5.44. The third-order valence-corrected chi connectivity index (χ3v) is 3.06. The predicted octanol–water partition coefficient (Wildman–Crippen LogP) is 0.361. The lowest BCUT2D eigenvalue weighted by Gasteiger charge is -2.37. The van der Waals surface area contributed by atoms with E-state index in [9.17, 15) is 0 Å². The molecular weight excluding hydrogens is 162 g/mol. The SMILES string of the molecule is CCN1CCN(C(C)CCN)CC1. The molecule has 0 radical (unpaired) electrons. The molecule has 3 heteroatoms. The van der Waals surface area contributed by atoms with Crippen molar-refractivity contribution in [2.24, 2.45) is 5.73 Å². The molecule has 1 fully saturated rings. The molecule has 1 aliphatic rings. The van der Waals surface area contributed by atoms with E-state index in [2.05, 4.69) is 23.6 Å². The van der Waals surface area contributed by atoms with Gasteiger partial charge in [-0.2, -0.15) is 0 Å². The second-order valence-corrected chi connectivity index (χ2v) is 3.90. The normalized spacial score (nSPS) is 23.3. The van der Waals surface area contributed by atoms with Crippen LogP contribution in [0.25, 0.3) is 0 Å². The Labute approximate surface area is 81.9 Å². The Balaban J connectivity index is 2.23. The number of nitrogens with zero attached hydrogens (tertiary/aromatic N) is 2. The van der Waals surface area contributed by atoms with Gasteiger partial charge < -0.3 is 10.6 Å². The Morgan fingerprint density at radius 1 is 1.23 bits per heavy atom. The number of likely N-dealkylation sites (N-methyl/N-ethyl adjacent to an activating group) is 1. The van der Waals surface area contributed by atoms with Crippen molar-refractivity contribution in [2.45, 2.75) is 26.3 Å². The molecule has 0 saturated carbocycles. The van der Waals surface area contributed by atoms with Crippen LogP contribution >= 0.6 is 0 Å². The number of hydrogen-bond donors (Lipinski definition) is 1. The first-order valence-electron chi connectivity index (χ1n) is 5.44. The van der Waals surface area contributed by atoms with Crippen LogP contribution in [0.4, 0.5) is 0 Å². The molecule has 0 spiro atoms. The molecule has 1 unspecified atom stereocenters. The monoisotopic (exact) mass is 185 g/mol. The molecule has 1 saturated heterocycles. The van der Waals surface area contributed by atoms with Crippen molar-refractivity contribution >= 4 is 0 Å². The Hall–Kier alpha value is -0.120. The average molecular weight is 185 g/mol. The molecule has 0 aromatic rings. The highest BCUT2D eigenvalue weighted by Crippen LogP contribution is 2.07. The number of rotatable bonds is 4. The Bertz CT molecular complexity index is 130. The quantitative estimate of drug-likeness (QED) is 0.686. The molecule has 1 atom stereocenters. The predicted molar refractivity (Wildman–Crippen MR) is 56.8 cm³/mol. The summed E-state index contributed by atoms with van der Waals surface area (Å²) in [5, 5.41) is 0. The van der Waals surface area contributed by atoms with Crippen molar-refractivity contribution in [3.05, 3.63) is 0 Å². The van der Waals surface area contributed by atoms with Gasteiger partial charge in [0.1, 0.15) is 0 Å². The second-order valence-electron chi connectivity index (χ2n) is 3.90. The zero-order valence-electron chi connectivity index (χ0n) is 9.00. The van der Waals surface area contributed by atoms with E-state index < -0.39 is 0 Å². The van der Waals surface area contributed by atoms with E-state index in [1.165, 1.54) is 32.7 Å². The zero-order valence-corrected chi connectivity index (χ0v) is 9.00. The molecule has 1 aliphatic heterocycles. The number of hydrogen-bond acceptors (Lipinski definition) is 3. The van der Waals surface area contributed by atoms with Gasteiger partial charge in [-0.1, -0.05) is 6.92 Å². The third kappa shape index (κ3) is 3.25. The molecule has 0 aromatic heterocycles. The molecule has 0 amide bonds. The highest BCUT2D eigenvalue weighted by molar-refractivity contribution is 4.75. The fraction of sp³-hybridized carbons (Fsp3) is 1.00. The lowest BCUT2D eigenvalue weighted by molar-refractivity contribution is 0.103. The number of piperazine rings is 1. The minimum Gasteiger partial charge on any atom is -0.330 e. The van der Waals surface area contributed by atoms with E-state index >= 15 is 0 Å². The van der Waals surface area contributed by atoms with Crippen molar-refractivity contribution in [2.75, 3.05) is 39.3 Å². The molecule has 1 rings (SSSR count). The van der Waals surface area contributed by atoms with Gasteiger partial charge in [0.05, 0.1) is 0 Å². The van der Waals surface area contributed by atoms with Crippen LogP contribution in [0.3, 0.4) is 0 Å². The van der Waals surface area contributed by atoms with E-state index in [4.69, 9.17) is 5.73 Å². The molecule has 1 heterocycles. The fourth-order valence-corrected chi connectivity index (χ4v) is 1.94. The third-order valence-electron chi connectivity index (χ3n) is 3.06. The first kappa shape index (κ1) is 11.0. The first-order chi connectivity index (χ1) is 6.27. The van der Waals surface area contributed by atoms with Gasteiger partial charge in [-0.05, 0) is 26.4 Å². The van der Waals surface area contributed by atoms with E-state index in [1.54, 1.807) is 0 Å². The molecule has 3 nitrogen and oxygen atoms in total. The lowest BCUT2D eigenvalue weighted by Crippen LogP contribution is -2.49. The summed E-state index contributed by atoms with van der Waals surface area (Å²) in [6.07, 6.45) is 1.13. The van der Waals surface area contributed by atoms with Gasteiger partial charge in [-0.3, -0.25) is 4.90 Å². The smallest absolute Gasteiger partial charge is 0.0113 e. The van der Waals surface area contributed by atoms with Crippen LogP contribution in [0.1, 0.15) is 20.3 Å². The molecule has 2 N–H and O–H groups in total. The summed E-state index contributed by atoms with van der Waals surface area (Å²) < 4.78 is 0. The van der Waals surface area contributed by atoms with Crippen LogP contribution in [-0.4, -0.2) is 55.1 Å². The minimum atomic E-state index is 0.670.